The van der Waals surface area contributed by atoms with Gasteiger partial charge in [0.25, 0.3) is 0 Å². The van der Waals surface area contributed by atoms with Crippen LogP contribution in [0.15, 0.2) is 70.2 Å². The highest BCUT2D eigenvalue weighted by molar-refractivity contribution is 7.98. The topological polar surface area (TPSA) is 56.7 Å². The molecule has 2 aromatic carbocycles. The maximum absolute atomic E-state index is 5.85. The average molecular weight is 376 g/mol. The summed E-state index contributed by atoms with van der Waals surface area (Å²) < 4.78 is 7.99. The van der Waals surface area contributed by atoms with E-state index in [0.29, 0.717) is 11.6 Å². The van der Waals surface area contributed by atoms with Gasteiger partial charge in [-0.05, 0) is 26.0 Å². The molecule has 2 aromatic heterocycles. The molecule has 0 saturated heterocycles. The number of benzene rings is 2. The average Bonchev–Trinajstić information content (AvgIpc) is 3.30. The molecular weight excluding hydrogens is 356 g/mol. The molecule has 4 rings (SSSR count). The molecule has 0 atom stereocenters. The minimum Gasteiger partial charge on any atom is -0.441 e. The van der Waals surface area contributed by atoms with Crippen LogP contribution in [0.1, 0.15) is 18.4 Å². The van der Waals surface area contributed by atoms with Crippen LogP contribution in [0.4, 0.5) is 0 Å². The van der Waals surface area contributed by atoms with E-state index in [1.54, 1.807) is 11.8 Å². The summed E-state index contributed by atoms with van der Waals surface area (Å²) in [5.41, 5.74) is 2.99. The first-order valence-corrected chi connectivity index (χ1v) is 9.88. The van der Waals surface area contributed by atoms with Crippen molar-refractivity contribution in [3.8, 4) is 22.8 Å². The van der Waals surface area contributed by atoms with E-state index in [1.165, 1.54) is 0 Å². The number of hydrogen-bond acceptors (Lipinski definition) is 5. The maximum atomic E-state index is 5.85. The number of rotatable bonds is 6. The Labute approximate surface area is 162 Å². The second-order valence-corrected chi connectivity index (χ2v) is 7.04. The zero-order valence-corrected chi connectivity index (χ0v) is 16.1. The number of aryl methyl sites for hydroxylation is 1. The standard InChI is InChI=1S/C21H20N4OS/c1-3-25-19(16-10-6-4-7-11-16)23-24-21(25)27-14-18-15(2)26-20(22-18)17-12-8-5-9-13-17/h4-13H,3,14H2,1-2H3. The van der Waals surface area contributed by atoms with E-state index in [1.807, 2.05) is 55.5 Å². The largest absolute Gasteiger partial charge is 0.441 e. The van der Waals surface area contributed by atoms with Crippen molar-refractivity contribution >= 4 is 11.8 Å². The normalized spacial score (nSPS) is 11.0. The molecule has 0 aliphatic carbocycles. The van der Waals surface area contributed by atoms with Crippen LogP contribution in [0.2, 0.25) is 0 Å². The maximum Gasteiger partial charge on any atom is 0.226 e. The van der Waals surface area contributed by atoms with Gasteiger partial charge in [0.05, 0.1) is 5.69 Å². The Morgan fingerprint density at radius 2 is 1.59 bits per heavy atom. The van der Waals surface area contributed by atoms with Crippen molar-refractivity contribution in [1.29, 1.82) is 0 Å². The van der Waals surface area contributed by atoms with Crippen molar-refractivity contribution in [3.63, 3.8) is 0 Å². The molecule has 0 radical (unpaired) electrons. The molecule has 0 spiro atoms. The third kappa shape index (κ3) is 3.66. The zero-order chi connectivity index (χ0) is 18.6. The molecule has 0 saturated carbocycles. The molecule has 0 bridgehead atoms. The fraction of sp³-hybridized carbons (Fsp3) is 0.190. The molecule has 5 nitrogen and oxygen atoms in total. The van der Waals surface area contributed by atoms with Crippen LogP contribution in [0.3, 0.4) is 0 Å². The molecule has 6 heteroatoms. The quantitative estimate of drug-likeness (QED) is 0.432. The number of oxazole rings is 1. The van der Waals surface area contributed by atoms with Gasteiger partial charge < -0.3 is 8.98 Å². The van der Waals surface area contributed by atoms with Gasteiger partial charge in [0.15, 0.2) is 11.0 Å². The molecular formula is C21H20N4OS. The van der Waals surface area contributed by atoms with Crippen LogP contribution in [0.25, 0.3) is 22.8 Å². The smallest absolute Gasteiger partial charge is 0.226 e. The van der Waals surface area contributed by atoms with Crippen molar-refractivity contribution < 1.29 is 4.42 Å². The van der Waals surface area contributed by atoms with Crippen molar-refractivity contribution in [2.45, 2.75) is 31.3 Å². The Morgan fingerprint density at radius 3 is 2.26 bits per heavy atom. The first kappa shape index (κ1) is 17.5. The van der Waals surface area contributed by atoms with E-state index >= 15 is 0 Å². The molecule has 2 heterocycles. The fourth-order valence-corrected chi connectivity index (χ4v) is 3.88. The molecule has 136 valence electrons. The highest BCUT2D eigenvalue weighted by Crippen LogP contribution is 2.29. The Bertz CT molecular complexity index is 1030. The van der Waals surface area contributed by atoms with Gasteiger partial charge >= 0.3 is 0 Å². The van der Waals surface area contributed by atoms with Crippen LogP contribution >= 0.6 is 11.8 Å². The molecule has 0 fully saturated rings. The molecule has 4 aromatic rings. The lowest BCUT2D eigenvalue weighted by atomic mass is 10.2. The highest BCUT2D eigenvalue weighted by atomic mass is 32.2. The van der Waals surface area contributed by atoms with E-state index in [-0.39, 0.29) is 0 Å². The Morgan fingerprint density at radius 1 is 0.926 bits per heavy atom. The Hall–Kier alpha value is -2.86. The van der Waals surface area contributed by atoms with Crippen LogP contribution in [0, 0.1) is 6.92 Å². The van der Waals surface area contributed by atoms with Crippen molar-refractivity contribution in [3.05, 3.63) is 72.1 Å². The Balaban J connectivity index is 1.55. The van der Waals surface area contributed by atoms with Crippen LogP contribution < -0.4 is 0 Å². The van der Waals surface area contributed by atoms with E-state index in [9.17, 15) is 0 Å². The molecule has 0 N–H and O–H groups in total. The third-order valence-electron chi connectivity index (χ3n) is 4.32. The van der Waals surface area contributed by atoms with Gasteiger partial charge in [0.2, 0.25) is 5.89 Å². The van der Waals surface area contributed by atoms with E-state index < -0.39 is 0 Å². The summed E-state index contributed by atoms with van der Waals surface area (Å²) in [6, 6.07) is 20.1. The van der Waals surface area contributed by atoms with Gasteiger partial charge in [-0.3, -0.25) is 0 Å². The summed E-state index contributed by atoms with van der Waals surface area (Å²) in [5.74, 6) is 3.08. The van der Waals surface area contributed by atoms with E-state index in [0.717, 1.165) is 40.1 Å². The van der Waals surface area contributed by atoms with Gasteiger partial charge in [-0.2, -0.15) is 0 Å². The minimum atomic E-state index is 0.658. The summed E-state index contributed by atoms with van der Waals surface area (Å²) in [4.78, 5) is 4.67. The lowest BCUT2D eigenvalue weighted by molar-refractivity contribution is 0.540. The molecule has 27 heavy (non-hydrogen) atoms. The van der Waals surface area contributed by atoms with Crippen molar-refractivity contribution in [2.75, 3.05) is 0 Å². The number of nitrogens with zero attached hydrogens (tertiary/aromatic N) is 4. The summed E-state index contributed by atoms with van der Waals surface area (Å²) >= 11 is 1.63. The second kappa shape index (κ2) is 7.80. The fourth-order valence-electron chi connectivity index (χ4n) is 2.88. The summed E-state index contributed by atoms with van der Waals surface area (Å²) in [6.45, 7) is 4.87. The second-order valence-electron chi connectivity index (χ2n) is 6.09. The first-order valence-electron chi connectivity index (χ1n) is 8.89. The summed E-state index contributed by atoms with van der Waals surface area (Å²) in [6.07, 6.45) is 0. The molecule has 0 unspecified atom stereocenters. The zero-order valence-electron chi connectivity index (χ0n) is 15.3. The Kier molecular flexibility index (Phi) is 5.07. The molecule has 0 aliphatic rings. The summed E-state index contributed by atoms with van der Waals surface area (Å²) in [7, 11) is 0. The van der Waals surface area contributed by atoms with Gasteiger partial charge in [-0.25, -0.2) is 4.98 Å². The SMILES string of the molecule is CCn1c(SCc2nc(-c3ccccc3)oc2C)nnc1-c1ccccc1. The molecule has 0 aliphatic heterocycles. The van der Waals surface area contributed by atoms with Gasteiger partial charge in [0, 0.05) is 23.4 Å². The van der Waals surface area contributed by atoms with Crippen LogP contribution in [0.5, 0.6) is 0 Å². The highest BCUT2D eigenvalue weighted by Gasteiger charge is 2.16. The molecule has 0 amide bonds. The monoisotopic (exact) mass is 376 g/mol. The third-order valence-corrected chi connectivity index (χ3v) is 5.29. The number of thioether (sulfide) groups is 1. The number of hydrogen-bond donors (Lipinski definition) is 0. The summed E-state index contributed by atoms with van der Waals surface area (Å²) in [5, 5.41) is 9.67. The number of aromatic nitrogens is 4. The first-order chi connectivity index (χ1) is 13.3. The van der Waals surface area contributed by atoms with Gasteiger partial charge in [0.1, 0.15) is 5.76 Å². The van der Waals surface area contributed by atoms with Crippen LogP contribution in [-0.4, -0.2) is 19.7 Å². The van der Waals surface area contributed by atoms with Crippen molar-refractivity contribution in [2.24, 2.45) is 0 Å². The van der Waals surface area contributed by atoms with Crippen LogP contribution in [-0.2, 0) is 12.3 Å². The van der Waals surface area contributed by atoms with E-state index in [2.05, 4.69) is 38.8 Å². The lowest BCUT2D eigenvalue weighted by Crippen LogP contribution is -2.00. The van der Waals surface area contributed by atoms with Crippen molar-refractivity contribution in [1.82, 2.24) is 19.7 Å². The predicted molar refractivity (Wildman–Crippen MR) is 107 cm³/mol. The van der Waals surface area contributed by atoms with Gasteiger partial charge in [-0.1, -0.05) is 60.3 Å². The predicted octanol–water partition coefficient (Wildman–Crippen LogP) is 5.22. The minimum absolute atomic E-state index is 0.658. The van der Waals surface area contributed by atoms with Gasteiger partial charge in [-0.15, -0.1) is 10.2 Å². The van der Waals surface area contributed by atoms with E-state index in [4.69, 9.17) is 4.42 Å². The lowest BCUT2D eigenvalue weighted by Gasteiger charge is -2.06.